The summed E-state index contributed by atoms with van der Waals surface area (Å²) in [6, 6.07) is 5.74. The van der Waals surface area contributed by atoms with E-state index >= 15 is 0 Å². The van der Waals surface area contributed by atoms with Gasteiger partial charge >= 0.3 is 0 Å². The maximum Gasteiger partial charge on any atom is 0.166 e. The van der Waals surface area contributed by atoms with Crippen molar-refractivity contribution in [3.63, 3.8) is 0 Å². The SMILES string of the molecule is COc1ccc2nc(SCC(O)C(C)(C)C)[nH]c2c1. The number of methoxy groups -OCH3 is 1. The number of hydrogen-bond donors (Lipinski definition) is 2. The molecule has 2 aromatic rings. The summed E-state index contributed by atoms with van der Waals surface area (Å²) in [5, 5.41) is 10.8. The van der Waals surface area contributed by atoms with Crippen molar-refractivity contribution >= 4 is 22.8 Å². The lowest BCUT2D eigenvalue weighted by molar-refractivity contribution is 0.0842. The minimum Gasteiger partial charge on any atom is -0.497 e. The zero-order valence-corrected chi connectivity index (χ0v) is 12.5. The molecule has 0 spiro atoms. The van der Waals surface area contributed by atoms with Gasteiger partial charge in [0.25, 0.3) is 0 Å². The fourth-order valence-corrected chi connectivity index (χ4v) is 2.73. The zero-order chi connectivity index (χ0) is 14.0. The Hall–Kier alpha value is -1.20. The predicted octanol–water partition coefficient (Wildman–Crippen LogP) is 3.07. The van der Waals surface area contributed by atoms with E-state index in [0.717, 1.165) is 21.9 Å². The molecule has 0 fully saturated rings. The van der Waals surface area contributed by atoms with Gasteiger partial charge in [0.05, 0.1) is 24.2 Å². The Labute approximate surface area is 117 Å². The summed E-state index contributed by atoms with van der Waals surface area (Å²) in [5.74, 6) is 1.43. The molecule has 0 aliphatic rings. The summed E-state index contributed by atoms with van der Waals surface area (Å²) in [6.07, 6.45) is -0.361. The molecule has 0 aliphatic heterocycles. The molecule has 2 rings (SSSR count). The molecular formula is C14H20N2O2S. The van der Waals surface area contributed by atoms with Crippen LogP contribution < -0.4 is 4.74 Å². The third-order valence-electron chi connectivity index (χ3n) is 3.04. The van der Waals surface area contributed by atoms with Crippen LogP contribution in [-0.2, 0) is 0 Å². The molecule has 19 heavy (non-hydrogen) atoms. The number of fused-ring (bicyclic) bond motifs is 1. The van der Waals surface area contributed by atoms with Crippen LogP contribution in [0.5, 0.6) is 5.75 Å². The number of hydrogen-bond acceptors (Lipinski definition) is 4. The highest BCUT2D eigenvalue weighted by Crippen LogP contribution is 2.27. The van der Waals surface area contributed by atoms with Crippen LogP contribution in [0.2, 0.25) is 0 Å². The number of aliphatic hydroxyl groups is 1. The third-order valence-corrected chi connectivity index (χ3v) is 3.99. The van der Waals surface area contributed by atoms with Crippen molar-refractivity contribution in [2.75, 3.05) is 12.9 Å². The van der Waals surface area contributed by atoms with Crippen molar-refractivity contribution < 1.29 is 9.84 Å². The van der Waals surface area contributed by atoms with Gasteiger partial charge in [0, 0.05) is 11.8 Å². The fraction of sp³-hybridized carbons (Fsp3) is 0.500. The van der Waals surface area contributed by atoms with Gasteiger partial charge in [-0.2, -0.15) is 0 Å². The van der Waals surface area contributed by atoms with Gasteiger partial charge < -0.3 is 14.8 Å². The molecule has 0 saturated heterocycles. The first-order valence-electron chi connectivity index (χ1n) is 6.25. The van der Waals surface area contributed by atoms with Crippen LogP contribution in [0.25, 0.3) is 11.0 Å². The summed E-state index contributed by atoms with van der Waals surface area (Å²) >= 11 is 1.54. The molecule has 0 aliphatic carbocycles. The summed E-state index contributed by atoms with van der Waals surface area (Å²) in [4.78, 5) is 7.72. The maximum absolute atomic E-state index is 10.0. The second-order valence-electron chi connectivity index (χ2n) is 5.62. The van der Waals surface area contributed by atoms with E-state index in [0.29, 0.717) is 5.75 Å². The number of benzene rings is 1. The molecule has 1 aromatic heterocycles. The van der Waals surface area contributed by atoms with Crippen LogP contribution in [0.1, 0.15) is 20.8 Å². The maximum atomic E-state index is 10.0. The highest BCUT2D eigenvalue weighted by atomic mass is 32.2. The fourth-order valence-electron chi connectivity index (χ4n) is 1.57. The molecular weight excluding hydrogens is 260 g/mol. The second-order valence-corrected chi connectivity index (χ2v) is 6.63. The van der Waals surface area contributed by atoms with E-state index in [-0.39, 0.29) is 11.5 Å². The molecule has 2 N–H and O–H groups in total. The van der Waals surface area contributed by atoms with Crippen molar-refractivity contribution in [1.29, 1.82) is 0 Å². The summed E-state index contributed by atoms with van der Waals surface area (Å²) < 4.78 is 5.18. The molecule has 0 saturated carbocycles. The lowest BCUT2D eigenvalue weighted by atomic mass is 9.90. The molecule has 1 heterocycles. The van der Waals surface area contributed by atoms with Crippen molar-refractivity contribution in [3.05, 3.63) is 18.2 Å². The minimum atomic E-state index is -0.361. The normalized spacial score (nSPS) is 13.7. The van der Waals surface area contributed by atoms with Gasteiger partial charge in [-0.05, 0) is 17.5 Å². The lowest BCUT2D eigenvalue weighted by Crippen LogP contribution is -2.28. The number of nitrogens with one attached hydrogen (secondary N) is 1. The van der Waals surface area contributed by atoms with Crippen LogP contribution in [0.15, 0.2) is 23.4 Å². The van der Waals surface area contributed by atoms with Crippen LogP contribution in [0, 0.1) is 5.41 Å². The van der Waals surface area contributed by atoms with Gasteiger partial charge in [-0.3, -0.25) is 0 Å². The van der Waals surface area contributed by atoms with Crippen LogP contribution in [0.4, 0.5) is 0 Å². The number of rotatable bonds is 4. The van der Waals surface area contributed by atoms with E-state index in [1.54, 1.807) is 7.11 Å². The number of aromatic amines is 1. The van der Waals surface area contributed by atoms with Crippen molar-refractivity contribution in [2.24, 2.45) is 5.41 Å². The number of H-pyrrole nitrogens is 1. The molecule has 0 bridgehead atoms. The number of aliphatic hydroxyl groups excluding tert-OH is 1. The van der Waals surface area contributed by atoms with Crippen LogP contribution in [-0.4, -0.2) is 34.0 Å². The van der Waals surface area contributed by atoms with E-state index in [4.69, 9.17) is 4.74 Å². The Kier molecular flexibility index (Phi) is 4.06. The highest BCUT2D eigenvalue weighted by Gasteiger charge is 2.22. The van der Waals surface area contributed by atoms with Gasteiger partial charge in [0.15, 0.2) is 5.16 Å². The van der Waals surface area contributed by atoms with Gasteiger partial charge in [0.2, 0.25) is 0 Å². The zero-order valence-electron chi connectivity index (χ0n) is 11.7. The Bertz CT molecular complexity index is 560. The van der Waals surface area contributed by atoms with E-state index in [1.165, 1.54) is 11.8 Å². The minimum absolute atomic E-state index is 0.109. The van der Waals surface area contributed by atoms with Crippen molar-refractivity contribution in [1.82, 2.24) is 9.97 Å². The quantitative estimate of drug-likeness (QED) is 0.845. The summed E-state index contributed by atoms with van der Waals surface area (Å²) in [5.41, 5.74) is 1.75. The summed E-state index contributed by atoms with van der Waals surface area (Å²) in [6.45, 7) is 6.09. The van der Waals surface area contributed by atoms with E-state index < -0.39 is 0 Å². The van der Waals surface area contributed by atoms with E-state index in [1.807, 2.05) is 39.0 Å². The van der Waals surface area contributed by atoms with Gasteiger partial charge in [-0.15, -0.1) is 0 Å². The number of ether oxygens (including phenoxy) is 1. The first-order valence-corrected chi connectivity index (χ1v) is 7.23. The van der Waals surface area contributed by atoms with E-state index in [9.17, 15) is 5.11 Å². The molecule has 1 aromatic carbocycles. The third kappa shape index (κ3) is 3.42. The average molecular weight is 280 g/mol. The Morgan fingerprint density at radius 2 is 2.16 bits per heavy atom. The molecule has 1 atom stereocenters. The second kappa shape index (κ2) is 5.43. The first kappa shape index (κ1) is 14.2. The van der Waals surface area contributed by atoms with Gasteiger partial charge in [0.1, 0.15) is 5.75 Å². The number of thioether (sulfide) groups is 1. The van der Waals surface area contributed by atoms with Crippen molar-refractivity contribution in [3.8, 4) is 5.75 Å². The van der Waals surface area contributed by atoms with Crippen molar-refractivity contribution in [2.45, 2.75) is 32.0 Å². The average Bonchev–Trinajstić information content (AvgIpc) is 2.76. The first-order chi connectivity index (χ1) is 8.90. The van der Waals surface area contributed by atoms with Gasteiger partial charge in [-0.1, -0.05) is 32.5 Å². The standard InChI is InChI=1S/C14H20N2O2S/c1-14(2,3)12(17)8-19-13-15-10-6-5-9(18-4)7-11(10)16-13/h5-7,12,17H,8H2,1-4H3,(H,15,16). The topological polar surface area (TPSA) is 58.1 Å². The lowest BCUT2D eigenvalue weighted by Gasteiger charge is -2.24. The molecule has 4 nitrogen and oxygen atoms in total. The Morgan fingerprint density at radius 3 is 2.79 bits per heavy atom. The molecule has 5 heteroatoms. The smallest absolute Gasteiger partial charge is 0.166 e. The van der Waals surface area contributed by atoms with Crippen LogP contribution >= 0.6 is 11.8 Å². The largest absolute Gasteiger partial charge is 0.497 e. The van der Waals surface area contributed by atoms with Crippen LogP contribution in [0.3, 0.4) is 0 Å². The number of aromatic nitrogens is 2. The number of imidazole rings is 1. The molecule has 0 radical (unpaired) electrons. The summed E-state index contributed by atoms with van der Waals surface area (Å²) in [7, 11) is 1.65. The monoisotopic (exact) mass is 280 g/mol. The molecule has 0 amide bonds. The van der Waals surface area contributed by atoms with E-state index in [2.05, 4.69) is 9.97 Å². The predicted molar refractivity (Wildman–Crippen MR) is 78.8 cm³/mol. The Morgan fingerprint density at radius 1 is 1.42 bits per heavy atom. The van der Waals surface area contributed by atoms with Gasteiger partial charge in [-0.25, -0.2) is 4.98 Å². The highest BCUT2D eigenvalue weighted by molar-refractivity contribution is 7.99. The Balaban J connectivity index is 2.09. The number of nitrogens with zero attached hydrogens (tertiary/aromatic N) is 1. The molecule has 1 unspecified atom stereocenters. The molecule has 104 valence electrons.